The summed E-state index contributed by atoms with van der Waals surface area (Å²) in [5.74, 6) is 0.305. The van der Waals surface area contributed by atoms with Crippen molar-refractivity contribution in [2.24, 2.45) is 0 Å². The van der Waals surface area contributed by atoms with Gasteiger partial charge in [-0.25, -0.2) is 0 Å². The molecule has 5 nitrogen and oxygen atoms in total. The third-order valence-electron chi connectivity index (χ3n) is 11.0. The molecule has 0 spiro atoms. The van der Waals surface area contributed by atoms with Crippen LogP contribution in [0.15, 0.2) is 0 Å². The van der Waals surface area contributed by atoms with Crippen molar-refractivity contribution in [2.45, 2.75) is 219 Å². The number of quaternary nitrogens is 1. The van der Waals surface area contributed by atoms with Gasteiger partial charge in [-0.1, -0.05) is 194 Å². The molecule has 1 rings (SSSR count). The summed E-state index contributed by atoms with van der Waals surface area (Å²) in [6.45, 7) is 9.51. The summed E-state index contributed by atoms with van der Waals surface area (Å²) in [4.78, 5) is 27.1. The molecule has 1 heterocycles. The fourth-order valence-electron chi connectivity index (χ4n) is 7.32. The summed E-state index contributed by atoms with van der Waals surface area (Å²) in [6.07, 6.45) is 41.6. The maximum Gasteiger partial charge on any atom is 0.305 e. The Hall–Kier alpha value is -1.10. The topological polar surface area (TPSA) is 46.6 Å². The molecule has 1 fully saturated rings. The fourth-order valence-corrected chi connectivity index (χ4v) is 7.32. The highest BCUT2D eigenvalue weighted by Gasteiger charge is 2.30. The number of amides is 1. The molecule has 1 amide bonds. The number of hydrogen-bond donors (Lipinski definition) is 0. The largest absolute Gasteiger partial charge is 0.460 e. The third-order valence-corrected chi connectivity index (χ3v) is 11.0. The van der Waals surface area contributed by atoms with Gasteiger partial charge in [0.25, 0.3) is 0 Å². The highest BCUT2D eigenvalue weighted by Crippen LogP contribution is 2.17. The zero-order chi connectivity index (χ0) is 34.8. The second kappa shape index (κ2) is 33.1. The highest BCUT2D eigenvalue weighted by atomic mass is 16.5. The van der Waals surface area contributed by atoms with Gasteiger partial charge < -0.3 is 14.1 Å². The van der Waals surface area contributed by atoms with Crippen molar-refractivity contribution >= 4 is 11.9 Å². The predicted molar refractivity (Wildman–Crippen MR) is 207 cm³/mol. The van der Waals surface area contributed by atoms with E-state index in [4.69, 9.17) is 4.74 Å². The summed E-state index contributed by atoms with van der Waals surface area (Å²) in [6, 6.07) is 0. The van der Waals surface area contributed by atoms with E-state index in [0.29, 0.717) is 25.4 Å². The quantitative estimate of drug-likeness (QED) is 0.0381. The van der Waals surface area contributed by atoms with E-state index in [1.807, 2.05) is 0 Å². The van der Waals surface area contributed by atoms with Crippen molar-refractivity contribution in [1.82, 2.24) is 4.90 Å². The van der Waals surface area contributed by atoms with E-state index >= 15 is 0 Å². The Bertz CT molecular complexity index is 713. The van der Waals surface area contributed by atoms with Gasteiger partial charge in [-0.2, -0.15) is 0 Å². The number of piperazine rings is 1. The standard InChI is InChI=1S/C43H85N2O3/c1-4-6-8-10-12-14-16-18-20-22-24-26-28-30-32-34-42(46)44-36-38-45(3,39-37-44)40-41-48-43(47)35-33-31-29-27-25-23-21-19-17-15-13-11-9-7-5-2/h4-41H2,1-3H3/q+1. The molecule has 0 aromatic rings. The molecular formula is C43H85N2O3+. The molecule has 5 heteroatoms. The predicted octanol–water partition coefficient (Wildman–Crippen LogP) is 12.3. The molecule has 1 aliphatic heterocycles. The van der Waals surface area contributed by atoms with Crippen molar-refractivity contribution < 1.29 is 18.8 Å². The van der Waals surface area contributed by atoms with Gasteiger partial charge in [0.05, 0.1) is 33.2 Å². The second-order valence-electron chi connectivity index (χ2n) is 15.8. The lowest BCUT2D eigenvalue weighted by molar-refractivity contribution is -0.913. The van der Waals surface area contributed by atoms with Gasteiger partial charge in [-0.3, -0.25) is 9.59 Å². The smallest absolute Gasteiger partial charge is 0.305 e. The van der Waals surface area contributed by atoms with Gasteiger partial charge >= 0.3 is 5.97 Å². The number of ether oxygens (including phenoxy) is 1. The summed E-state index contributed by atoms with van der Waals surface area (Å²) in [5.41, 5.74) is 0. The third kappa shape index (κ3) is 27.7. The van der Waals surface area contributed by atoms with Crippen LogP contribution in [0.2, 0.25) is 0 Å². The van der Waals surface area contributed by atoms with Crippen LogP contribution < -0.4 is 0 Å². The SMILES string of the molecule is CCCCCCCCCCCCCCCCCC(=O)OCC[N+]1(C)CCN(C(=O)CCCCCCCCCCCCCCCCC)CC1. The Kier molecular flexibility index (Phi) is 30.9. The van der Waals surface area contributed by atoms with Crippen molar-refractivity contribution in [3.05, 3.63) is 0 Å². The molecule has 0 bridgehead atoms. The first kappa shape index (κ1) is 44.9. The first-order valence-electron chi connectivity index (χ1n) is 21.8. The first-order valence-corrected chi connectivity index (χ1v) is 21.8. The molecule has 0 unspecified atom stereocenters. The molecule has 1 aliphatic rings. The lowest BCUT2D eigenvalue weighted by Gasteiger charge is -2.41. The number of rotatable bonds is 35. The van der Waals surface area contributed by atoms with Gasteiger partial charge in [0.15, 0.2) is 0 Å². The van der Waals surface area contributed by atoms with E-state index in [1.54, 1.807) is 0 Å². The van der Waals surface area contributed by atoms with Crippen LogP contribution >= 0.6 is 0 Å². The fraction of sp³-hybridized carbons (Fsp3) is 0.953. The summed E-state index contributed by atoms with van der Waals surface area (Å²) >= 11 is 0. The zero-order valence-electron chi connectivity index (χ0n) is 33.0. The summed E-state index contributed by atoms with van der Waals surface area (Å²) in [7, 11) is 2.25. The van der Waals surface area contributed by atoms with Gasteiger partial charge in [0.2, 0.25) is 5.91 Å². The normalized spacial score (nSPS) is 14.4. The lowest BCUT2D eigenvalue weighted by Crippen LogP contribution is -2.59. The van der Waals surface area contributed by atoms with Crippen LogP contribution in [0.5, 0.6) is 0 Å². The Labute approximate surface area is 300 Å². The van der Waals surface area contributed by atoms with E-state index in [9.17, 15) is 9.59 Å². The zero-order valence-corrected chi connectivity index (χ0v) is 33.0. The molecule has 0 aromatic carbocycles. The van der Waals surface area contributed by atoms with Crippen LogP contribution in [0, 0.1) is 0 Å². The maximum absolute atomic E-state index is 12.8. The highest BCUT2D eigenvalue weighted by molar-refractivity contribution is 5.76. The first-order chi connectivity index (χ1) is 23.5. The van der Waals surface area contributed by atoms with E-state index in [-0.39, 0.29) is 5.97 Å². The van der Waals surface area contributed by atoms with Crippen molar-refractivity contribution in [3.63, 3.8) is 0 Å². The van der Waals surface area contributed by atoms with Crippen molar-refractivity contribution in [1.29, 1.82) is 0 Å². The van der Waals surface area contributed by atoms with Gasteiger partial charge in [-0.05, 0) is 12.8 Å². The number of unbranched alkanes of at least 4 members (excludes halogenated alkanes) is 28. The molecule has 1 saturated heterocycles. The van der Waals surface area contributed by atoms with Crippen LogP contribution in [0.1, 0.15) is 219 Å². The molecular weight excluding hydrogens is 592 g/mol. The van der Waals surface area contributed by atoms with Crippen LogP contribution in [0.25, 0.3) is 0 Å². The Morgan fingerprint density at radius 2 is 0.792 bits per heavy atom. The van der Waals surface area contributed by atoms with Gasteiger partial charge in [0.1, 0.15) is 13.2 Å². The molecule has 0 atom stereocenters. The minimum absolute atomic E-state index is 0.0337. The van der Waals surface area contributed by atoms with Crippen LogP contribution in [-0.2, 0) is 14.3 Å². The molecule has 0 aliphatic carbocycles. The average molecular weight is 678 g/mol. The Balaban J connectivity index is 1.89. The average Bonchev–Trinajstić information content (AvgIpc) is 3.08. The Morgan fingerprint density at radius 1 is 0.479 bits per heavy atom. The van der Waals surface area contributed by atoms with E-state index in [1.165, 1.54) is 173 Å². The van der Waals surface area contributed by atoms with E-state index < -0.39 is 0 Å². The monoisotopic (exact) mass is 678 g/mol. The van der Waals surface area contributed by atoms with Gasteiger partial charge in [0, 0.05) is 12.8 Å². The molecule has 48 heavy (non-hydrogen) atoms. The number of carbonyl (C=O) groups is 2. The molecule has 0 N–H and O–H groups in total. The van der Waals surface area contributed by atoms with Crippen LogP contribution in [0.3, 0.4) is 0 Å². The van der Waals surface area contributed by atoms with Crippen LogP contribution in [0.4, 0.5) is 0 Å². The molecule has 0 aromatic heterocycles. The molecule has 284 valence electrons. The number of hydrogen-bond acceptors (Lipinski definition) is 3. The number of nitrogens with zero attached hydrogens (tertiary/aromatic N) is 2. The van der Waals surface area contributed by atoms with Gasteiger partial charge in [-0.15, -0.1) is 0 Å². The maximum atomic E-state index is 12.8. The summed E-state index contributed by atoms with van der Waals surface area (Å²) < 4.78 is 6.50. The second-order valence-corrected chi connectivity index (χ2v) is 15.8. The minimum atomic E-state index is -0.0337. The van der Waals surface area contributed by atoms with E-state index in [2.05, 4.69) is 25.8 Å². The minimum Gasteiger partial charge on any atom is -0.460 e. The van der Waals surface area contributed by atoms with E-state index in [0.717, 1.165) is 56.5 Å². The number of carbonyl (C=O) groups excluding carboxylic acids is 2. The Morgan fingerprint density at radius 3 is 1.15 bits per heavy atom. The van der Waals surface area contributed by atoms with Crippen molar-refractivity contribution in [3.8, 4) is 0 Å². The number of likely N-dealkylation sites (N-methyl/N-ethyl adjacent to an activating group) is 1. The van der Waals surface area contributed by atoms with Crippen molar-refractivity contribution in [2.75, 3.05) is 46.4 Å². The lowest BCUT2D eigenvalue weighted by atomic mass is 10.0. The van der Waals surface area contributed by atoms with Crippen LogP contribution in [-0.4, -0.2) is 67.6 Å². The molecule has 0 radical (unpaired) electrons. The molecule has 0 saturated carbocycles. The summed E-state index contributed by atoms with van der Waals surface area (Å²) in [5, 5.41) is 0. The number of esters is 1.